The number of anilines is 1. The van der Waals surface area contributed by atoms with E-state index in [0.717, 1.165) is 0 Å². The molecule has 0 atom stereocenters. The van der Waals surface area contributed by atoms with Gasteiger partial charge in [-0.15, -0.1) is 0 Å². The fraction of sp³-hybridized carbons (Fsp3) is 0.462. The molecule has 0 aromatic heterocycles. The predicted molar refractivity (Wildman–Crippen MR) is 75.3 cm³/mol. The van der Waals surface area contributed by atoms with E-state index in [1.165, 1.54) is 11.0 Å². The number of hydrogen-bond acceptors (Lipinski definition) is 5. The fourth-order valence-corrected chi connectivity index (χ4v) is 1.90. The normalized spacial score (nSPS) is 14.3. The number of ether oxygens (including phenoxy) is 2. The van der Waals surface area contributed by atoms with Crippen LogP contribution in [0.4, 0.5) is 10.5 Å². The Morgan fingerprint density at radius 3 is 2.70 bits per heavy atom. The molecule has 0 aliphatic carbocycles. The minimum absolute atomic E-state index is 0.294. The van der Waals surface area contributed by atoms with Gasteiger partial charge in [0.2, 0.25) is 0 Å². The molecular formula is C13H18BNO5. The number of carbonyl (C=O) groups excluding carboxylic acids is 1. The number of nitrogens with zero attached hydrogens (tertiary/aromatic N) is 1. The van der Waals surface area contributed by atoms with Crippen LogP contribution in [0.25, 0.3) is 0 Å². The second kappa shape index (κ2) is 5.34. The highest BCUT2D eigenvalue weighted by atomic mass is 16.6. The smallest absolute Gasteiger partial charge is 0.488 e. The maximum atomic E-state index is 12.2. The molecule has 1 aromatic carbocycles. The van der Waals surface area contributed by atoms with Crippen LogP contribution in [0.5, 0.6) is 5.75 Å². The molecule has 0 saturated carbocycles. The van der Waals surface area contributed by atoms with E-state index in [-0.39, 0.29) is 0 Å². The molecule has 1 aliphatic heterocycles. The van der Waals surface area contributed by atoms with Gasteiger partial charge in [0.25, 0.3) is 0 Å². The molecule has 1 aliphatic rings. The Morgan fingerprint density at radius 2 is 2.10 bits per heavy atom. The van der Waals surface area contributed by atoms with Crippen molar-refractivity contribution in [2.75, 3.05) is 18.1 Å². The number of carbonyl (C=O) groups is 1. The Bertz CT molecular complexity index is 512. The lowest BCUT2D eigenvalue weighted by atomic mass is 9.80. The molecule has 0 spiro atoms. The SMILES string of the molecule is CC(C)(C)OC(=O)N1CCOc2ccc(B(O)O)cc21. The molecule has 1 heterocycles. The highest BCUT2D eigenvalue weighted by Gasteiger charge is 2.29. The molecule has 7 heteroatoms. The summed E-state index contributed by atoms with van der Waals surface area (Å²) < 4.78 is 10.8. The van der Waals surface area contributed by atoms with E-state index < -0.39 is 18.8 Å². The van der Waals surface area contributed by atoms with Crippen LogP contribution in [-0.2, 0) is 4.74 Å². The summed E-state index contributed by atoms with van der Waals surface area (Å²) in [6.07, 6.45) is -0.480. The van der Waals surface area contributed by atoms with Gasteiger partial charge in [-0.25, -0.2) is 4.79 Å². The van der Waals surface area contributed by atoms with Gasteiger partial charge in [-0.1, -0.05) is 6.07 Å². The van der Waals surface area contributed by atoms with E-state index in [4.69, 9.17) is 9.47 Å². The number of rotatable bonds is 1. The number of fused-ring (bicyclic) bond motifs is 1. The van der Waals surface area contributed by atoms with E-state index in [1.807, 2.05) is 0 Å². The van der Waals surface area contributed by atoms with Gasteiger partial charge < -0.3 is 19.5 Å². The van der Waals surface area contributed by atoms with Crippen LogP contribution >= 0.6 is 0 Å². The summed E-state index contributed by atoms with van der Waals surface area (Å²) in [5.74, 6) is 0.520. The third kappa shape index (κ3) is 3.23. The first kappa shape index (κ1) is 14.7. The van der Waals surface area contributed by atoms with Gasteiger partial charge in [-0.3, -0.25) is 4.90 Å². The van der Waals surface area contributed by atoms with E-state index in [0.29, 0.717) is 30.1 Å². The molecule has 0 saturated heterocycles. The quantitative estimate of drug-likeness (QED) is 0.732. The van der Waals surface area contributed by atoms with Crippen molar-refractivity contribution in [3.63, 3.8) is 0 Å². The van der Waals surface area contributed by atoms with Crippen LogP contribution in [0.1, 0.15) is 20.8 Å². The summed E-state index contributed by atoms with van der Waals surface area (Å²) in [6, 6.07) is 4.67. The lowest BCUT2D eigenvalue weighted by molar-refractivity contribution is 0.0568. The minimum Gasteiger partial charge on any atom is -0.490 e. The average molecular weight is 279 g/mol. The Hall–Kier alpha value is -1.73. The van der Waals surface area contributed by atoms with E-state index in [9.17, 15) is 14.8 Å². The largest absolute Gasteiger partial charge is 0.490 e. The van der Waals surface area contributed by atoms with Crippen LogP contribution in [0.2, 0.25) is 0 Å². The van der Waals surface area contributed by atoms with Crippen molar-refractivity contribution < 1.29 is 24.3 Å². The van der Waals surface area contributed by atoms with E-state index >= 15 is 0 Å². The van der Waals surface area contributed by atoms with Crippen molar-refractivity contribution in [3.05, 3.63) is 18.2 Å². The predicted octanol–water partition coefficient (Wildman–Crippen LogP) is 0.500. The van der Waals surface area contributed by atoms with Crippen molar-refractivity contribution >= 4 is 24.4 Å². The van der Waals surface area contributed by atoms with Gasteiger partial charge in [0.1, 0.15) is 18.0 Å². The highest BCUT2D eigenvalue weighted by molar-refractivity contribution is 6.58. The molecule has 108 valence electrons. The van der Waals surface area contributed by atoms with Crippen LogP contribution in [0, 0.1) is 0 Å². The Morgan fingerprint density at radius 1 is 1.40 bits per heavy atom. The van der Waals surface area contributed by atoms with Crippen molar-refractivity contribution in [1.29, 1.82) is 0 Å². The van der Waals surface area contributed by atoms with Crippen LogP contribution in [0.3, 0.4) is 0 Å². The molecule has 20 heavy (non-hydrogen) atoms. The summed E-state index contributed by atoms with van der Waals surface area (Å²) in [5.41, 5.74) is 0.183. The minimum atomic E-state index is -1.59. The number of amides is 1. The van der Waals surface area contributed by atoms with Crippen LogP contribution in [-0.4, -0.2) is 42.0 Å². The summed E-state index contributed by atoms with van der Waals surface area (Å²) in [6.45, 7) is 6.10. The first-order valence-electron chi connectivity index (χ1n) is 6.41. The standard InChI is InChI=1S/C13H18BNO5/c1-13(2,3)20-12(16)15-6-7-19-11-5-4-9(14(17)18)8-10(11)15/h4-5,8,17-18H,6-7H2,1-3H3. The van der Waals surface area contributed by atoms with Gasteiger partial charge in [0.05, 0.1) is 12.2 Å². The molecule has 0 bridgehead atoms. The molecule has 6 nitrogen and oxygen atoms in total. The molecule has 1 aromatic rings. The van der Waals surface area contributed by atoms with Crippen molar-refractivity contribution in [2.24, 2.45) is 0 Å². The lowest BCUT2D eigenvalue weighted by Gasteiger charge is -2.31. The maximum Gasteiger partial charge on any atom is 0.488 e. The average Bonchev–Trinajstić information content (AvgIpc) is 2.35. The summed E-state index contributed by atoms with van der Waals surface area (Å²) >= 11 is 0. The summed E-state index contributed by atoms with van der Waals surface area (Å²) in [4.78, 5) is 13.6. The second-order valence-corrected chi connectivity index (χ2v) is 5.58. The van der Waals surface area contributed by atoms with Gasteiger partial charge in [0.15, 0.2) is 0 Å². The van der Waals surface area contributed by atoms with Gasteiger partial charge in [-0.05, 0) is 38.4 Å². The second-order valence-electron chi connectivity index (χ2n) is 5.58. The summed E-state index contributed by atoms with van der Waals surface area (Å²) in [5, 5.41) is 18.4. The van der Waals surface area contributed by atoms with E-state index in [2.05, 4.69) is 0 Å². The molecule has 0 fully saturated rings. The molecule has 0 radical (unpaired) electrons. The maximum absolute atomic E-state index is 12.2. The van der Waals surface area contributed by atoms with Crippen LogP contribution < -0.4 is 15.1 Å². The zero-order valence-corrected chi connectivity index (χ0v) is 11.8. The Kier molecular flexibility index (Phi) is 3.92. The topological polar surface area (TPSA) is 79.2 Å². The van der Waals surface area contributed by atoms with Gasteiger partial charge in [0, 0.05) is 0 Å². The zero-order valence-electron chi connectivity index (χ0n) is 11.8. The van der Waals surface area contributed by atoms with Crippen LogP contribution in [0.15, 0.2) is 18.2 Å². The third-order valence-corrected chi connectivity index (χ3v) is 2.76. The Labute approximate surface area is 118 Å². The van der Waals surface area contributed by atoms with Crippen molar-refractivity contribution in [1.82, 2.24) is 0 Å². The molecule has 2 rings (SSSR count). The Balaban J connectivity index is 2.31. The number of hydrogen-bond donors (Lipinski definition) is 2. The molecule has 0 unspecified atom stereocenters. The van der Waals surface area contributed by atoms with Crippen molar-refractivity contribution in [2.45, 2.75) is 26.4 Å². The first-order valence-corrected chi connectivity index (χ1v) is 6.41. The van der Waals surface area contributed by atoms with Gasteiger partial charge >= 0.3 is 13.2 Å². The molecule has 2 N–H and O–H groups in total. The number of benzene rings is 1. The highest BCUT2D eigenvalue weighted by Crippen LogP contribution is 2.31. The lowest BCUT2D eigenvalue weighted by Crippen LogP contribution is -2.42. The molecule has 1 amide bonds. The van der Waals surface area contributed by atoms with E-state index in [1.54, 1.807) is 32.9 Å². The fourth-order valence-electron chi connectivity index (χ4n) is 1.90. The molecular weight excluding hydrogens is 261 g/mol. The van der Waals surface area contributed by atoms with Crippen molar-refractivity contribution in [3.8, 4) is 5.75 Å². The zero-order chi connectivity index (χ0) is 14.9. The third-order valence-electron chi connectivity index (χ3n) is 2.76. The monoisotopic (exact) mass is 279 g/mol. The first-order chi connectivity index (χ1) is 9.28. The van der Waals surface area contributed by atoms with Gasteiger partial charge in [-0.2, -0.15) is 0 Å². The summed E-state index contributed by atoms with van der Waals surface area (Å²) in [7, 11) is -1.59.